The van der Waals surface area contributed by atoms with Crippen molar-refractivity contribution in [1.29, 1.82) is 0 Å². The summed E-state index contributed by atoms with van der Waals surface area (Å²) in [5.41, 5.74) is 10.5. The highest BCUT2D eigenvalue weighted by molar-refractivity contribution is 6.14. The van der Waals surface area contributed by atoms with Crippen LogP contribution in [0.3, 0.4) is 0 Å². The zero-order chi connectivity index (χ0) is 34.1. The highest BCUT2D eigenvalue weighted by Gasteiger charge is 2.17. The normalized spacial score (nSPS) is 11.2. The Morgan fingerprint density at radius 3 is 1.55 bits per heavy atom. The topological polar surface area (TPSA) is 51.6 Å². The molecule has 0 radical (unpaired) electrons. The fourth-order valence-corrected chi connectivity index (χ4v) is 6.92. The Labute approximate surface area is 296 Å². The fraction of sp³-hybridized carbons (Fsp3) is 0.0213. The second-order valence-corrected chi connectivity index (χ2v) is 12.8. The van der Waals surface area contributed by atoms with Gasteiger partial charge in [0.25, 0.3) is 0 Å². The van der Waals surface area contributed by atoms with Crippen molar-refractivity contribution >= 4 is 21.5 Å². The Balaban J connectivity index is 1.28. The monoisotopic (exact) mass is 652 g/mol. The van der Waals surface area contributed by atoms with E-state index in [1.165, 1.54) is 21.5 Å². The quantitative estimate of drug-likeness (QED) is 0.168. The van der Waals surface area contributed by atoms with E-state index in [4.69, 9.17) is 15.0 Å². The lowest BCUT2D eigenvalue weighted by Crippen LogP contribution is -2.00. The van der Waals surface area contributed by atoms with Gasteiger partial charge < -0.3 is 0 Å². The Morgan fingerprint density at radius 1 is 0.353 bits per heavy atom. The lowest BCUT2D eigenvalue weighted by Gasteiger charge is -2.15. The average Bonchev–Trinajstić information content (AvgIpc) is 3.21. The summed E-state index contributed by atoms with van der Waals surface area (Å²) in [6.07, 6.45) is 1.85. The molecular weight excluding hydrogens is 621 g/mol. The molecule has 0 fully saturated rings. The maximum atomic E-state index is 5.11. The van der Waals surface area contributed by atoms with Crippen molar-refractivity contribution in [1.82, 2.24) is 19.9 Å². The third kappa shape index (κ3) is 5.83. The molecule has 0 aliphatic rings. The van der Waals surface area contributed by atoms with Gasteiger partial charge in [0.15, 0.2) is 17.5 Å². The summed E-state index contributed by atoms with van der Waals surface area (Å²) >= 11 is 0. The first-order chi connectivity index (χ1) is 25.2. The molecule has 0 N–H and O–H groups in total. The fourth-order valence-electron chi connectivity index (χ4n) is 6.92. The molecule has 0 bridgehead atoms. The van der Waals surface area contributed by atoms with E-state index in [1.54, 1.807) is 0 Å². The predicted octanol–water partition coefficient (Wildman–Crippen LogP) is 11.9. The van der Waals surface area contributed by atoms with Crippen molar-refractivity contribution in [3.05, 3.63) is 182 Å². The minimum Gasteiger partial charge on any atom is -0.256 e. The first-order valence-electron chi connectivity index (χ1n) is 17.1. The van der Waals surface area contributed by atoms with Crippen LogP contribution in [-0.4, -0.2) is 19.9 Å². The van der Waals surface area contributed by atoms with E-state index >= 15 is 0 Å². The molecule has 0 spiro atoms. The zero-order valence-corrected chi connectivity index (χ0v) is 28.0. The molecule has 9 aromatic rings. The number of hydrogen-bond donors (Lipinski definition) is 0. The van der Waals surface area contributed by atoms with Gasteiger partial charge >= 0.3 is 0 Å². The van der Waals surface area contributed by atoms with Crippen LogP contribution in [-0.2, 0) is 0 Å². The molecule has 51 heavy (non-hydrogen) atoms. The smallest absolute Gasteiger partial charge is 0.164 e. The van der Waals surface area contributed by atoms with E-state index in [9.17, 15) is 0 Å². The van der Waals surface area contributed by atoms with Gasteiger partial charge in [0, 0.05) is 28.5 Å². The Hall–Kier alpha value is -6.78. The van der Waals surface area contributed by atoms with Crippen LogP contribution in [0.4, 0.5) is 0 Å². The number of fused-ring (bicyclic) bond motifs is 3. The van der Waals surface area contributed by atoms with Gasteiger partial charge in [0.1, 0.15) is 0 Å². The van der Waals surface area contributed by atoms with Crippen LogP contribution in [0.15, 0.2) is 176 Å². The first-order valence-corrected chi connectivity index (χ1v) is 17.1. The lowest BCUT2D eigenvalue weighted by molar-refractivity contribution is 1.07. The molecule has 0 saturated heterocycles. The molecule has 0 amide bonds. The van der Waals surface area contributed by atoms with Crippen molar-refractivity contribution in [2.24, 2.45) is 0 Å². The number of rotatable bonds is 6. The molecule has 7 aromatic carbocycles. The van der Waals surface area contributed by atoms with Crippen LogP contribution < -0.4 is 0 Å². The average molecular weight is 653 g/mol. The van der Waals surface area contributed by atoms with Crippen LogP contribution in [0.1, 0.15) is 5.56 Å². The van der Waals surface area contributed by atoms with Crippen molar-refractivity contribution in [3.63, 3.8) is 0 Å². The van der Waals surface area contributed by atoms with Crippen LogP contribution in [0.5, 0.6) is 0 Å². The SMILES string of the molecule is Cc1cccnc1-c1ccc(-c2cc(-c3nc(-c4ccccc4)nc(-c4ccccc4)n3)cc(-c3cc4ccccc4c4ccccc34)c2)cc1. The van der Waals surface area contributed by atoms with Gasteiger partial charge in [-0.3, -0.25) is 4.98 Å². The van der Waals surface area contributed by atoms with Gasteiger partial charge in [0.05, 0.1) is 5.69 Å². The molecule has 0 atom stereocenters. The minimum absolute atomic E-state index is 0.622. The number of aryl methyl sites for hydroxylation is 1. The van der Waals surface area contributed by atoms with Gasteiger partial charge in [-0.05, 0) is 86.6 Å². The third-order valence-corrected chi connectivity index (χ3v) is 9.47. The summed E-state index contributed by atoms with van der Waals surface area (Å²) < 4.78 is 0. The maximum Gasteiger partial charge on any atom is 0.164 e. The lowest BCUT2D eigenvalue weighted by atomic mass is 9.90. The molecule has 2 aromatic heterocycles. The number of nitrogens with zero attached hydrogens (tertiary/aromatic N) is 4. The first kappa shape index (κ1) is 30.3. The highest BCUT2D eigenvalue weighted by Crippen LogP contribution is 2.39. The molecule has 0 aliphatic carbocycles. The van der Waals surface area contributed by atoms with E-state index < -0.39 is 0 Å². The standard InChI is InChI=1S/C47H32N4/c1-31-13-12-26-48-44(31)33-24-22-32(23-25-33)37-27-38(43-30-36-18-8-9-19-40(36)41-20-10-11-21-42(41)43)29-39(28-37)47-50-45(34-14-4-2-5-15-34)49-46(51-47)35-16-6-3-7-17-35/h2-30H,1H3. The largest absolute Gasteiger partial charge is 0.256 e. The second-order valence-electron chi connectivity index (χ2n) is 12.8. The number of pyridine rings is 1. The van der Waals surface area contributed by atoms with Gasteiger partial charge in [-0.2, -0.15) is 0 Å². The molecule has 4 heteroatoms. The summed E-state index contributed by atoms with van der Waals surface area (Å²) in [4.78, 5) is 19.8. The van der Waals surface area contributed by atoms with E-state index in [-0.39, 0.29) is 0 Å². The molecule has 4 nitrogen and oxygen atoms in total. The van der Waals surface area contributed by atoms with Gasteiger partial charge in [0.2, 0.25) is 0 Å². The van der Waals surface area contributed by atoms with Gasteiger partial charge in [-0.15, -0.1) is 0 Å². The molecule has 0 saturated carbocycles. The van der Waals surface area contributed by atoms with Crippen molar-refractivity contribution in [3.8, 4) is 67.7 Å². The van der Waals surface area contributed by atoms with E-state index in [2.05, 4.69) is 115 Å². The van der Waals surface area contributed by atoms with Crippen LogP contribution in [0.25, 0.3) is 89.2 Å². The maximum absolute atomic E-state index is 5.11. The Morgan fingerprint density at radius 2 is 0.882 bits per heavy atom. The van der Waals surface area contributed by atoms with Crippen molar-refractivity contribution in [2.75, 3.05) is 0 Å². The van der Waals surface area contributed by atoms with Gasteiger partial charge in [-0.25, -0.2) is 15.0 Å². The molecule has 0 unspecified atom stereocenters. The summed E-state index contributed by atoms with van der Waals surface area (Å²) in [7, 11) is 0. The summed E-state index contributed by atoms with van der Waals surface area (Å²) in [6, 6.07) is 59.3. The summed E-state index contributed by atoms with van der Waals surface area (Å²) in [6.45, 7) is 2.10. The predicted molar refractivity (Wildman–Crippen MR) is 210 cm³/mol. The highest BCUT2D eigenvalue weighted by atomic mass is 15.0. The zero-order valence-electron chi connectivity index (χ0n) is 28.0. The van der Waals surface area contributed by atoms with Crippen LogP contribution in [0, 0.1) is 6.92 Å². The summed E-state index contributed by atoms with van der Waals surface area (Å²) in [5, 5.41) is 4.87. The van der Waals surface area contributed by atoms with Crippen molar-refractivity contribution in [2.45, 2.75) is 6.92 Å². The van der Waals surface area contributed by atoms with Gasteiger partial charge in [-0.1, -0.05) is 140 Å². The number of benzene rings is 7. The molecular formula is C47H32N4. The second kappa shape index (κ2) is 12.9. The minimum atomic E-state index is 0.622. The molecule has 2 heterocycles. The Bertz CT molecular complexity index is 2630. The van der Waals surface area contributed by atoms with E-state index in [1.807, 2.05) is 72.9 Å². The molecule has 240 valence electrons. The van der Waals surface area contributed by atoms with E-state index in [0.717, 1.165) is 55.8 Å². The molecule has 0 aliphatic heterocycles. The van der Waals surface area contributed by atoms with Crippen LogP contribution in [0.2, 0.25) is 0 Å². The van der Waals surface area contributed by atoms with Crippen LogP contribution >= 0.6 is 0 Å². The van der Waals surface area contributed by atoms with E-state index in [0.29, 0.717) is 17.5 Å². The Kier molecular flexibility index (Phi) is 7.67. The number of hydrogen-bond acceptors (Lipinski definition) is 4. The third-order valence-electron chi connectivity index (χ3n) is 9.47. The molecule has 9 rings (SSSR count). The number of aromatic nitrogens is 4. The van der Waals surface area contributed by atoms with Crippen molar-refractivity contribution < 1.29 is 0 Å². The summed E-state index contributed by atoms with van der Waals surface area (Å²) in [5.74, 6) is 1.90.